The summed E-state index contributed by atoms with van der Waals surface area (Å²) < 4.78 is 1.43. The Hall–Kier alpha value is -2.37. The first-order valence-electron chi connectivity index (χ1n) is 6.59. The predicted molar refractivity (Wildman–Crippen MR) is 77.6 cm³/mol. The molecule has 0 spiro atoms. The van der Waals surface area contributed by atoms with Crippen LogP contribution in [0.25, 0.3) is 5.69 Å². The van der Waals surface area contributed by atoms with Gasteiger partial charge < -0.3 is 10.4 Å². The van der Waals surface area contributed by atoms with Crippen LogP contribution in [0, 0.1) is 0 Å². The van der Waals surface area contributed by atoms with Crippen LogP contribution in [0.2, 0.25) is 0 Å². The van der Waals surface area contributed by atoms with Gasteiger partial charge in [-0.05, 0) is 36.1 Å². The van der Waals surface area contributed by atoms with E-state index in [4.69, 9.17) is 0 Å². The van der Waals surface area contributed by atoms with Crippen molar-refractivity contribution in [3.8, 4) is 11.4 Å². The van der Waals surface area contributed by atoms with Crippen molar-refractivity contribution in [2.75, 3.05) is 12.4 Å². The Balaban J connectivity index is 2.71. The zero-order chi connectivity index (χ0) is 14.7. The zero-order valence-electron chi connectivity index (χ0n) is 11.8. The molecule has 0 bridgehead atoms. The highest BCUT2D eigenvalue weighted by atomic mass is 16.3. The number of phenols is 1. The number of aromatic hydroxyl groups is 1. The fourth-order valence-corrected chi connectivity index (χ4v) is 2.20. The fourth-order valence-electron chi connectivity index (χ4n) is 2.20. The van der Waals surface area contributed by atoms with Gasteiger partial charge in [-0.15, -0.1) is 0 Å². The van der Waals surface area contributed by atoms with E-state index in [1.54, 1.807) is 19.2 Å². The minimum absolute atomic E-state index is 0.211. The second-order valence-electron chi connectivity index (χ2n) is 4.40. The Morgan fingerprint density at radius 3 is 2.30 bits per heavy atom. The molecule has 0 radical (unpaired) electrons. The first-order valence-corrected chi connectivity index (χ1v) is 6.59. The minimum atomic E-state index is -0.389. The lowest BCUT2D eigenvalue weighted by Gasteiger charge is -2.15. The van der Waals surface area contributed by atoms with Crippen LogP contribution in [0.5, 0.6) is 5.75 Å². The van der Waals surface area contributed by atoms with E-state index in [1.807, 2.05) is 13.8 Å². The largest absolute Gasteiger partial charge is 0.508 e. The summed E-state index contributed by atoms with van der Waals surface area (Å²) in [5.74, 6) is 0.504. The molecule has 0 aliphatic carbocycles. The lowest BCUT2D eigenvalue weighted by molar-refractivity contribution is 0.473. The number of phenolic OH excluding ortho intramolecular Hbond substituents is 1. The number of nitrogens with one attached hydrogen (secondary N) is 1. The van der Waals surface area contributed by atoms with E-state index in [1.165, 1.54) is 10.9 Å². The second-order valence-corrected chi connectivity index (χ2v) is 4.40. The van der Waals surface area contributed by atoms with Gasteiger partial charge in [0.05, 0.1) is 5.69 Å². The summed E-state index contributed by atoms with van der Waals surface area (Å²) >= 11 is 0. The number of aryl methyl sites for hydroxylation is 2. The number of rotatable bonds is 4. The van der Waals surface area contributed by atoms with Crippen molar-refractivity contribution < 1.29 is 5.11 Å². The Kier molecular flexibility index (Phi) is 4.02. The lowest BCUT2D eigenvalue weighted by Crippen LogP contribution is -2.24. The molecule has 20 heavy (non-hydrogen) atoms. The molecule has 0 saturated heterocycles. The number of nitrogens with zero attached hydrogens (tertiary/aromatic N) is 3. The number of aromatic nitrogens is 3. The van der Waals surface area contributed by atoms with Crippen LogP contribution in [0.15, 0.2) is 23.3 Å². The molecule has 6 nitrogen and oxygen atoms in total. The van der Waals surface area contributed by atoms with Gasteiger partial charge in [-0.25, -0.2) is 9.78 Å². The highest BCUT2D eigenvalue weighted by Crippen LogP contribution is 2.25. The highest BCUT2D eigenvalue weighted by Gasteiger charge is 2.13. The van der Waals surface area contributed by atoms with Crippen molar-refractivity contribution >= 4 is 5.95 Å². The van der Waals surface area contributed by atoms with Crippen molar-refractivity contribution in [2.45, 2.75) is 26.7 Å². The molecule has 2 N–H and O–H groups in total. The summed E-state index contributed by atoms with van der Waals surface area (Å²) in [5, 5.41) is 12.5. The molecule has 1 aromatic carbocycles. The fraction of sp³-hybridized carbons (Fsp3) is 0.357. The normalized spacial score (nSPS) is 10.6. The average Bonchev–Trinajstić information content (AvgIpc) is 2.46. The molecule has 0 aliphatic rings. The van der Waals surface area contributed by atoms with Crippen LogP contribution in [-0.4, -0.2) is 26.7 Å². The van der Waals surface area contributed by atoms with Crippen LogP contribution in [0.3, 0.4) is 0 Å². The van der Waals surface area contributed by atoms with E-state index in [0.717, 1.165) is 16.8 Å². The summed E-state index contributed by atoms with van der Waals surface area (Å²) in [4.78, 5) is 20.1. The molecule has 1 heterocycles. The summed E-state index contributed by atoms with van der Waals surface area (Å²) in [7, 11) is 1.66. The van der Waals surface area contributed by atoms with Gasteiger partial charge >= 0.3 is 5.69 Å². The van der Waals surface area contributed by atoms with Crippen LogP contribution >= 0.6 is 0 Å². The molecule has 6 heteroatoms. The van der Waals surface area contributed by atoms with Gasteiger partial charge in [0, 0.05) is 7.05 Å². The Labute approximate surface area is 117 Å². The van der Waals surface area contributed by atoms with Gasteiger partial charge in [-0.1, -0.05) is 13.8 Å². The maximum Gasteiger partial charge on any atom is 0.356 e. The van der Waals surface area contributed by atoms with Gasteiger partial charge in [0.25, 0.3) is 0 Å². The third-order valence-corrected chi connectivity index (χ3v) is 3.18. The van der Waals surface area contributed by atoms with E-state index in [9.17, 15) is 9.90 Å². The molecular formula is C14H18N4O2. The van der Waals surface area contributed by atoms with Gasteiger partial charge in [0.2, 0.25) is 5.95 Å². The van der Waals surface area contributed by atoms with E-state index in [2.05, 4.69) is 15.3 Å². The minimum Gasteiger partial charge on any atom is -0.508 e. The number of benzene rings is 1. The van der Waals surface area contributed by atoms with Crippen molar-refractivity contribution in [1.82, 2.24) is 14.5 Å². The summed E-state index contributed by atoms with van der Waals surface area (Å²) in [5.41, 5.74) is 2.16. The number of hydrogen-bond acceptors (Lipinski definition) is 5. The van der Waals surface area contributed by atoms with Crippen LogP contribution in [0.4, 0.5) is 5.95 Å². The maximum atomic E-state index is 12.1. The van der Waals surface area contributed by atoms with E-state index in [0.29, 0.717) is 18.8 Å². The molecule has 2 rings (SSSR count). The second kappa shape index (κ2) is 5.73. The molecule has 0 atom stereocenters. The smallest absolute Gasteiger partial charge is 0.356 e. The zero-order valence-corrected chi connectivity index (χ0v) is 11.8. The summed E-state index contributed by atoms with van der Waals surface area (Å²) in [6, 6.07) is 3.35. The van der Waals surface area contributed by atoms with Gasteiger partial charge in [0.15, 0.2) is 0 Å². The Morgan fingerprint density at radius 2 is 1.85 bits per heavy atom. The van der Waals surface area contributed by atoms with Gasteiger partial charge in [-0.2, -0.15) is 4.98 Å². The molecule has 0 unspecified atom stereocenters. The number of anilines is 1. The van der Waals surface area contributed by atoms with Crippen molar-refractivity contribution in [2.24, 2.45) is 0 Å². The van der Waals surface area contributed by atoms with E-state index in [-0.39, 0.29) is 11.4 Å². The standard InChI is InChI=1S/C14H18N4O2/c1-4-9-6-11(19)7-10(5-2)12(9)18-8-16-13(15-3)17-14(18)20/h6-8,19H,4-5H2,1-3H3,(H,15,17,20). The third kappa shape index (κ3) is 2.49. The van der Waals surface area contributed by atoms with Crippen LogP contribution in [0.1, 0.15) is 25.0 Å². The predicted octanol–water partition coefficient (Wildman–Crippen LogP) is 1.50. The summed E-state index contributed by atoms with van der Waals surface area (Å²) in [6.07, 6.45) is 2.87. The van der Waals surface area contributed by atoms with Crippen molar-refractivity contribution in [3.05, 3.63) is 40.1 Å². The molecule has 106 valence electrons. The van der Waals surface area contributed by atoms with E-state index < -0.39 is 0 Å². The van der Waals surface area contributed by atoms with Crippen molar-refractivity contribution in [1.29, 1.82) is 0 Å². The first-order chi connectivity index (χ1) is 9.60. The highest BCUT2D eigenvalue weighted by molar-refractivity contribution is 5.52. The summed E-state index contributed by atoms with van der Waals surface area (Å²) in [6.45, 7) is 3.96. The maximum absolute atomic E-state index is 12.1. The SMILES string of the molecule is CCc1cc(O)cc(CC)c1-n1cnc(NC)nc1=O. The average molecular weight is 274 g/mol. The molecule has 0 fully saturated rings. The van der Waals surface area contributed by atoms with Gasteiger partial charge in [-0.3, -0.25) is 4.57 Å². The number of hydrogen-bond donors (Lipinski definition) is 2. The van der Waals surface area contributed by atoms with Gasteiger partial charge in [0.1, 0.15) is 12.1 Å². The Morgan fingerprint density at radius 1 is 1.25 bits per heavy atom. The third-order valence-electron chi connectivity index (χ3n) is 3.18. The van der Waals surface area contributed by atoms with E-state index >= 15 is 0 Å². The Bertz CT molecular complexity index is 654. The molecule has 0 aliphatic heterocycles. The molecule has 1 aromatic heterocycles. The first kappa shape index (κ1) is 14.0. The monoisotopic (exact) mass is 274 g/mol. The van der Waals surface area contributed by atoms with Crippen molar-refractivity contribution in [3.63, 3.8) is 0 Å². The van der Waals surface area contributed by atoms with Crippen LogP contribution in [-0.2, 0) is 12.8 Å². The quantitative estimate of drug-likeness (QED) is 0.883. The molecule has 2 aromatic rings. The van der Waals surface area contributed by atoms with Crippen LogP contribution < -0.4 is 11.0 Å². The lowest BCUT2D eigenvalue weighted by atomic mass is 10.0. The topological polar surface area (TPSA) is 80.0 Å². The molecule has 0 saturated carbocycles. The molecule has 0 amide bonds. The molecular weight excluding hydrogens is 256 g/mol.